The molecule has 94 valence electrons. The Labute approximate surface area is 104 Å². The van der Waals surface area contributed by atoms with E-state index < -0.39 is 21.7 Å². The van der Waals surface area contributed by atoms with E-state index in [1.807, 2.05) is 0 Å². The maximum Gasteiger partial charge on any atom is 0.299 e. The van der Waals surface area contributed by atoms with E-state index in [0.29, 0.717) is 5.69 Å². The number of benzene rings is 1. The molecule has 0 fully saturated rings. The molecular formula is C11H10N2O4S. The molecule has 1 aromatic rings. The fourth-order valence-corrected chi connectivity index (χ4v) is 2.31. The number of anilines is 1. The lowest BCUT2D eigenvalue weighted by molar-refractivity contribution is -0.114. The Hall–Kier alpha value is -1.99. The number of hydrogen-bond acceptors (Lipinski definition) is 4. The minimum absolute atomic E-state index is 0.0494. The molecule has 0 aromatic heterocycles. The maximum atomic E-state index is 11.7. The number of hydrogen-bond donors (Lipinski definition) is 1. The lowest BCUT2D eigenvalue weighted by Gasteiger charge is -2.13. The van der Waals surface area contributed by atoms with Crippen molar-refractivity contribution in [1.82, 2.24) is 0 Å². The summed E-state index contributed by atoms with van der Waals surface area (Å²) in [4.78, 5) is 24.4. The highest BCUT2D eigenvalue weighted by atomic mass is 32.2. The number of carbonyl (C=O) groups excluding carboxylic acids is 2. The third-order valence-corrected chi connectivity index (χ3v) is 3.49. The maximum absolute atomic E-state index is 11.7. The van der Waals surface area contributed by atoms with Gasteiger partial charge in [0.25, 0.3) is 11.7 Å². The molecule has 0 aliphatic carbocycles. The lowest BCUT2D eigenvalue weighted by atomic mass is 10.1. The van der Waals surface area contributed by atoms with Crippen LogP contribution in [0, 0.1) is 0 Å². The molecule has 1 aliphatic heterocycles. The molecule has 1 amide bonds. The molecule has 0 atom stereocenters. The van der Waals surface area contributed by atoms with Crippen LogP contribution in [0.3, 0.4) is 0 Å². The topological polar surface area (TPSA) is 97.5 Å². The zero-order valence-corrected chi connectivity index (χ0v) is 10.1. The van der Waals surface area contributed by atoms with Crippen molar-refractivity contribution in [2.45, 2.75) is 4.90 Å². The lowest BCUT2D eigenvalue weighted by Crippen LogP contribution is -2.29. The van der Waals surface area contributed by atoms with Gasteiger partial charge in [-0.25, -0.2) is 13.6 Å². The number of Topliss-reactive ketones (excluding diaryl/α,β-unsaturated/α-hetero) is 1. The molecule has 2 rings (SSSR count). The molecule has 0 unspecified atom stereocenters. The molecular weight excluding hydrogens is 256 g/mol. The summed E-state index contributed by atoms with van der Waals surface area (Å²) in [6.07, 6.45) is 1.48. The average Bonchev–Trinajstić information content (AvgIpc) is 2.54. The fraction of sp³-hybridized carbons (Fsp3) is 0.0909. The highest BCUT2D eigenvalue weighted by molar-refractivity contribution is 7.89. The quantitative estimate of drug-likeness (QED) is 0.617. The molecule has 1 heterocycles. The number of fused-ring (bicyclic) bond motifs is 1. The summed E-state index contributed by atoms with van der Waals surface area (Å²) in [5.74, 6) is -1.44. The van der Waals surface area contributed by atoms with Crippen molar-refractivity contribution >= 4 is 27.4 Å². The minimum atomic E-state index is -3.90. The largest absolute Gasteiger partial charge is 0.301 e. The van der Waals surface area contributed by atoms with Crippen LogP contribution in [0.2, 0.25) is 0 Å². The second kappa shape index (κ2) is 4.04. The fourth-order valence-electron chi connectivity index (χ4n) is 1.77. The van der Waals surface area contributed by atoms with Gasteiger partial charge in [0.05, 0.1) is 16.1 Å². The first-order chi connectivity index (χ1) is 8.36. The number of nitrogens with zero attached hydrogens (tertiary/aromatic N) is 1. The van der Waals surface area contributed by atoms with Crippen molar-refractivity contribution in [1.29, 1.82) is 0 Å². The molecule has 0 spiro atoms. The molecule has 0 saturated heterocycles. The Morgan fingerprint density at radius 1 is 1.33 bits per heavy atom. The van der Waals surface area contributed by atoms with Gasteiger partial charge < -0.3 is 4.90 Å². The number of ketones is 1. The van der Waals surface area contributed by atoms with E-state index in [1.165, 1.54) is 23.1 Å². The van der Waals surface area contributed by atoms with Gasteiger partial charge in [0.2, 0.25) is 10.0 Å². The monoisotopic (exact) mass is 266 g/mol. The number of carbonyl (C=O) groups is 2. The zero-order chi connectivity index (χ0) is 13.5. The van der Waals surface area contributed by atoms with E-state index in [0.717, 1.165) is 6.07 Å². The van der Waals surface area contributed by atoms with E-state index in [-0.39, 0.29) is 17.0 Å². The Kier molecular flexibility index (Phi) is 2.80. The SMILES string of the molecule is C=CCN1C(=O)C(=O)c2cc(S(N)(=O)=O)ccc21. The van der Waals surface area contributed by atoms with Gasteiger partial charge in [-0.2, -0.15) is 0 Å². The predicted molar refractivity (Wildman–Crippen MR) is 64.7 cm³/mol. The van der Waals surface area contributed by atoms with Gasteiger partial charge in [-0.05, 0) is 18.2 Å². The molecule has 1 aromatic carbocycles. The molecule has 0 radical (unpaired) electrons. The van der Waals surface area contributed by atoms with Gasteiger partial charge in [-0.1, -0.05) is 6.08 Å². The zero-order valence-electron chi connectivity index (χ0n) is 9.29. The number of amides is 1. The number of sulfonamides is 1. The Balaban J connectivity index is 2.60. The third kappa shape index (κ3) is 1.83. The van der Waals surface area contributed by atoms with Gasteiger partial charge in [0, 0.05) is 6.54 Å². The number of nitrogens with two attached hydrogens (primary N) is 1. The van der Waals surface area contributed by atoms with Crippen LogP contribution in [0.1, 0.15) is 10.4 Å². The van der Waals surface area contributed by atoms with E-state index >= 15 is 0 Å². The Morgan fingerprint density at radius 2 is 2.00 bits per heavy atom. The van der Waals surface area contributed by atoms with Crippen LogP contribution in [0.15, 0.2) is 35.7 Å². The molecule has 0 saturated carbocycles. The second-order valence-corrected chi connectivity index (χ2v) is 5.32. The van der Waals surface area contributed by atoms with E-state index in [9.17, 15) is 18.0 Å². The summed E-state index contributed by atoms with van der Waals surface area (Å²) in [6.45, 7) is 3.68. The molecule has 0 bridgehead atoms. The Bertz CT molecular complexity index is 664. The van der Waals surface area contributed by atoms with Crippen LogP contribution in [0.4, 0.5) is 5.69 Å². The highest BCUT2D eigenvalue weighted by Gasteiger charge is 2.35. The first-order valence-electron chi connectivity index (χ1n) is 5.00. The number of rotatable bonds is 3. The first-order valence-corrected chi connectivity index (χ1v) is 6.55. The number of primary sulfonamides is 1. The molecule has 7 heteroatoms. The van der Waals surface area contributed by atoms with E-state index in [4.69, 9.17) is 5.14 Å². The second-order valence-electron chi connectivity index (χ2n) is 3.76. The summed E-state index contributed by atoms with van der Waals surface area (Å²) in [6, 6.07) is 3.77. The van der Waals surface area contributed by atoms with Gasteiger partial charge >= 0.3 is 0 Å². The summed E-state index contributed by atoms with van der Waals surface area (Å²) in [7, 11) is -3.90. The Morgan fingerprint density at radius 3 is 2.56 bits per heavy atom. The predicted octanol–water partition coefficient (Wildman–Crippen LogP) is 0.0493. The minimum Gasteiger partial charge on any atom is -0.301 e. The highest BCUT2D eigenvalue weighted by Crippen LogP contribution is 2.30. The molecule has 6 nitrogen and oxygen atoms in total. The van der Waals surface area contributed by atoms with Crippen LogP contribution in [-0.4, -0.2) is 26.7 Å². The van der Waals surface area contributed by atoms with Crippen molar-refractivity contribution in [2.24, 2.45) is 5.14 Å². The molecule has 1 aliphatic rings. The van der Waals surface area contributed by atoms with Crippen molar-refractivity contribution in [3.05, 3.63) is 36.4 Å². The molecule has 2 N–H and O–H groups in total. The first kappa shape index (κ1) is 12.5. The van der Waals surface area contributed by atoms with Crippen LogP contribution >= 0.6 is 0 Å². The van der Waals surface area contributed by atoms with E-state index in [1.54, 1.807) is 0 Å². The van der Waals surface area contributed by atoms with Gasteiger partial charge in [-0.3, -0.25) is 9.59 Å². The standard InChI is InChI=1S/C11H10N2O4S/c1-2-5-13-9-4-3-7(18(12,16)17)6-8(9)10(14)11(13)15/h2-4,6H,1,5H2,(H2,12,16,17). The average molecular weight is 266 g/mol. The van der Waals surface area contributed by atoms with Crippen LogP contribution < -0.4 is 10.0 Å². The van der Waals surface area contributed by atoms with Crippen molar-refractivity contribution in [3.63, 3.8) is 0 Å². The van der Waals surface area contributed by atoms with E-state index in [2.05, 4.69) is 6.58 Å². The van der Waals surface area contributed by atoms with Crippen LogP contribution in [0.5, 0.6) is 0 Å². The van der Waals surface area contributed by atoms with Gasteiger partial charge in [-0.15, -0.1) is 6.58 Å². The summed E-state index contributed by atoms with van der Waals surface area (Å²) >= 11 is 0. The van der Waals surface area contributed by atoms with Crippen molar-refractivity contribution in [3.8, 4) is 0 Å². The summed E-state index contributed by atoms with van der Waals surface area (Å²) in [5, 5.41) is 4.97. The molecule has 18 heavy (non-hydrogen) atoms. The smallest absolute Gasteiger partial charge is 0.299 e. The summed E-state index contributed by atoms with van der Waals surface area (Å²) in [5.41, 5.74) is 0.422. The van der Waals surface area contributed by atoms with Crippen LogP contribution in [-0.2, 0) is 14.8 Å². The van der Waals surface area contributed by atoms with Crippen LogP contribution in [0.25, 0.3) is 0 Å². The van der Waals surface area contributed by atoms with Gasteiger partial charge in [0.1, 0.15) is 0 Å². The normalized spacial score (nSPS) is 14.8. The summed E-state index contributed by atoms with van der Waals surface area (Å²) < 4.78 is 22.4. The van der Waals surface area contributed by atoms with Crippen molar-refractivity contribution in [2.75, 3.05) is 11.4 Å². The van der Waals surface area contributed by atoms with Crippen molar-refractivity contribution < 1.29 is 18.0 Å². The third-order valence-electron chi connectivity index (χ3n) is 2.58. The van der Waals surface area contributed by atoms with Gasteiger partial charge in [0.15, 0.2) is 0 Å².